The number of pyridine rings is 1. The summed E-state index contributed by atoms with van der Waals surface area (Å²) in [6.07, 6.45) is 0. The summed E-state index contributed by atoms with van der Waals surface area (Å²) in [6, 6.07) is 14.9. The van der Waals surface area contributed by atoms with E-state index in [1.807, 2.05) is 6.07 Å². The van der Waals surface area contributed by atoms with Gasteiger partial charge in [0.25, 0.3) is 5.69 Å². The van der Waals surface area contributed by atoms with Crippen LogP contribution >= 0.6 is 23.2 Å². The Balaban J connectivity index is 2.23. The molecule has 2 aromatic carbocycles. The average molecular weight is 385 g/mol. The number of nitrogens with two attached hydrogens (primary N) is 1. The van der Waals surface area contributed by atoms with Gasteiger partial charge in [0.2, 0.25) is 0 Å². The Morgan fingerprint density at radius 2 is 1.73 bits per heavy atom. The summed E-state index contributed by atoms with van der Waals surface area (Å²) in [6.45, 7) is 0. The van der Waals surface area contributed by atoms with E-state index >= 15 is 0 Å². The molecule has 0 fully saturated rings. The van der Waals surface area contributed by atoms with Gasteiger partial charge in [0.15, 0.2) is 0 Å². The van der Waals surface area contributed by atoms with Gasteiger partial charge in [0.1, 0.15) is 22.5 Å². The molecule has 0 spiro atoms. The number of rotatable bonds is 3. The molecule has 0 aliphatic rings. The van der Waals surface area contributed by atoms with Gasteiger partial charge in [-0.15, -0.1) is 0 Å². The number of nitro benzene ring substituents is 1. The Labute approximate surface area is 158 Å². The first-order chi connectivity index (χ1) is 12.4. The van der Waals surface area contributed by atoms with Gasteiger partial charge in [-0.05, 0) is 29.8 Å². The van der Waals surface area contributed by atoms with Gasteiger partial charge in [-0.1, -0.05) is 41.4 Å². The zero-order chi connectivity index (χ0) is 18.8. The number of nitro groups is 1. The highest BCUT2D eigenvalue weighted by Crippen LogP contribution is 2.35. The molecule has 0 unspecified atom stereocenters. The third kappa shape index (κ3) is 3.31. The lowest BCUT2D eigenvalue weighted by molar-refractivity contribution is -0.384. The van der Waals surface area contributed by atoms with Crippen molar-refractivity contribution < 1.29 is 4.92 Å². The fraction of sp³-hybridized carbons (Fsp3) is 0. The molecule has 0 radical (unpaired) electrons. The molecular formula is C18H10Cl2N4O2. The van der Waals surface area contributed by atoms with Crippen molar-refractivity contribution in [2.45, 2.75) is 0 Å². The second kappa shape index (κ2) is 7.00. The minimum Gasteiger partial charge on any atom is -0.383 e. The first-order valence-corrected chi connectivity index (χ1v) is 8.07. The van der Waals surface area contributed by atoms with E-state index in [9.17, 15) is 15.4 Å². The first-order valence-electron chi connectivity index (χ1n) is 7.31. The van der Waals surface area contributed by atoms with Crippen molar-refractivity contribution in [2.75, 3.05) is 5.73 Å². The van der Waals surface area contributed by atoms with E-state index in [-0.39, 0.29) is 22.1 Å². The molecule has 3 aromatic rings. The minimum atomic E-state index is -0.581. The fourth-order valence-corrected chi connectivity index (χ4v) is 2.81. The average Bonchev–Trinajstić information content (AvgIpc) is 2.62. The second-order valence-corrected chi connectivity index (χ2v) is 6.20. The number of nitrogens with zero attached hydrogens (tertiary/aromatic N) is 3. The maximum Gasteiger partial charge on any atom is 0.288 e. The normalized spacial score (nSPS) is 10.3. The molecule has 8 heteroatoms. The first kappa shape index (κ1) is 17.7. The molecule has 6 nitrogen and oxygen atoms in total. The van der Waals surface area contributed by atoms with Crippen LogP contribution in [0.1, 0.15) is 5.56 Å². The predicted octanol–water partition coefficient (Wildman–Crippen LogP) is 5.08. The third-order valence-electron chi connectivity index (χ3n) is 3.75. The van der Waals surface area contributed by atoms with Crippen molar-refractivity contribution in [2.24, 2.45) is 0 Å². The van der Waals surface area contributed by atoms with Crippen LogP contribution in [-0.4, -0.2) is 9.91 Å². The standard InChI is InChI=1S/C18H10Cl2N4O2/c19-12-4-1-10(2-5-12)16-8-13(14(9-21)18(22)23-16)11-3-6-15(20)17(7-11)24(25)26/h1-8H,(H2,22,23). The van der Waals surface area contributed by atoms with Crippen molar-refractivity contribution in [3.63, 3.8) is 0 Å². The number of anilines is 1. The van der Waals surface area contributed by atoms with E-state index in [4.69, 9.17) is 28.9 Å². The summed E-state index contributed by atoms with van der Waals surface area (Å²) in [5.41, 5.74) is 7.98. The Morgan fingerprint density at radius 1 is 1.08 bits per heavy atom. The van der Waals surface area contributed by atoms with Crippen LogP contribution in [0.4, 0.5) is 11.5 Å². The Morgan fingerprint density at radius 3 is 2.35 bits per heavy atom. The van der Waals surface area contributed by atoms with Crippen LogP contribution in [0.3, 0.4) is 0 Å². The number of benzene rings is 2. The summed E-state index contributed by atoms with van der Waals surface area (Å²) >= 11 is 11.8. The van der Waals surface area contributed by atoms with Gasteiger partial charge in [-0.2, -0.15) is 5.26 Å². The zero-order valence-electron chi connectivity index (χ0n) is 13.1. The lowest BCUT2D eigenvalue weighted by Crippen LogP contribution is -2.00. The molecule has 3 rings (SSSR count). The van der Waals surface area contributed by atoms with E-state index in [0.29, 0.717) is 21.8 Å². The SMILES string of the molecule is N#Cc1c(-c2ccc(Cl)c([N+](=O)[O-])c2)cc(-c2ccc(Cl)cc2)nc1N. The molecule has 0 atom stereocenters. The molecule has 0 saturated carbocycles. The highest BCUT2D eigenvalue weighted by atomic mass is 35.5. The van der Waals surface area contributed by atoms with Crippen molar-refractivity contribution in [3.05, 3.63) is 74.3 Å². The van der Waals surface area contributed by atoms with Gasteiger partial charge < -0.3 is 5.73 Å². The maximum atomic E-state index is 11.2. The van der Waals surface area contributed by atoms with E-state index in [0.717, 1.165) is 5.56 Å². The number of nitrogen functional groups attached to an aromatic ring is 1. The van der Waals surface area contributed by atoms with Gasteiger partial charge in [0, 0.05) is 22.2 Å². The number of aromatic nitrogens is 1. The molecule has 2 N–H and O–H groups in total. The maximum absolute atomic E-state index is 11.2. The molecule has 0 amide bonds. The van der Waals surface area contributed by atoms with E-state index < -0.39 is 4.92 Å². The van der Waals surface area contributed by atoms with Crippen LogP contribution in [-0.2, 0) is 0 Å². The monoisotopic (exact) mass is 384 g/mol. The van der Waals surface area contributed by atoms with E-state index in [2.05, 4.69) is 4.98 Å². The molecule has 0 aliphatic carbocycles. The lowest BCUT2D eigenvalue weighted by atomic mass is 9.98. The van der Waals surface area contributed by atoms with Gasteiger partial charge in [0.05, 0.1) is 10.6 Å². The largest absolute Gasteiger partial charge is 0.383 e. The van der Waals surface area contributed by atoms with Gasteiger partial charge in [-0.3, -0.25) is 10.1 Å². The van der Waals surface area contributed by atoms with Crippen molar-refractivity contribution in [1.82, 2.24) is 4.98 Å². The fourth-order valence-electron chi connectivity index (χ4n) is 2.50. The van der Waals surface area contributed by atoms with Crippen molar-refractivity contribution >= 4 is 34.7 Å². The van der Waals surface area contributed by atoms with Gasteiger partial charge >= 0.3 is 0 Å². The van der Waals surface area contributed by atoms with Crippen LogP contribution in [0.25, 0.3) is 22.4 Å². The molecule has 0 bridgehead atoms. The Hall–Kier alpha value is -3.14. The summed E-state index contributed by atoms with van der Waals surface area (Å²) < 4.78 is 0. The third-order valence-corrected chi connectivity index (χ3v) is 4.32. The van der Waals surface area contributed by atoms with Crippen molar-refractivity contribution in [3.8, 4) is 28.5 Å². The molecular weight excluding hydrogens is 375 g/mol. The topological polar surface area (TPSA) is 106 Å². The smallest absolute Gasteiger partial charge is 0.288 e. The second-order valence-electron chi connectivity index (χ2n) is 5.36. The number of halogens is 2. The highest BCUT2D eigenvalue weighted by molar-refractivity contribution is 6.32. The summed E-state index contributed by atoms with van der Waals surface area (Å²) in [4.78, 5) is 14.8. The van der Waals surface area contributed by atoms with E-state index in [1.54, 1.807) is 36.4 Å². The van der Waals surface area contributed by atoms with Crippen LogP contribution in [0.15, 0.2) is 48.5 Å². The number of hydrogen-bond donors (Lipinski definition) is 1. The number of nitriles is 1. The molecule has 26 heavy (non-hydrogen) atoms. The van der Waals surface area contributed by atoms with Crippen LogP contribution in [0.2, 0.25) is 10.0 Å². The summed E-state index contributed by atoms with van der Waals surface area (Å²) in [5, 5.41) is 21.2. The van der Waals surface area contributed by atoms with Crippen LogP contribution < -0.4 is 5.73 Å². The molecule has 1 aromatic heterocycles. The lowest BCUT2D eigenvalue weighted by Gasteiger charge is -2.10. The number of hydrogen-bond acceptors (Lipinski definition) is 5. The quantitative estimate of drug-likeness (QED) is 0.500. The van der Waals surface area contributed by atoms with Gasteiger partial charge in [-0.25, -0.2) is 4.98 Å². The van der Waals surface area contributed by atoms with Crippen LogP contribution in [0.5, 0.6) is 0 Å². The zero-order valence-corrected chi connectivity index (χ0v) is 14.6. The molecule has 0 aliphatic heterocycles. The predicted molar refractivity (Wildman–Crippen MR) is 101 cm³/mol. The molecule has 128 valence electrons. The Kier molecular flexibility index (Phi) is 4.76. The van der Waals surface area contributed by atoms with Crippen LogP contribution in [0, 0.1) is 21.4 Å². The highest BCUT2D eigenvalue weighted by Gasteiger charge is 2.18. The summed E-state index contributed by atoms with van der Waals surface area (Å²) in [5.74, 6) is 0.0348. The van der Waals surface area contributed by atoms with E-state index in [1.165, 1.54) is 12.1 Å². The summed E-state index contributed by atoms with van der Waals surface area (Å²) in [7, 11) is 0. The molecule has 1 heterocycles. The molecule has 0 saturated heterocycles. The Bertz CT molecular complexity index is 1060. The van der Waals surface area contributed by atoms with Crippen molar-refractivity contribution in [1.29, 1.82) is 5.26 Å². The minimum absolute atomic E-state index is 0.0113.